The monoisotopic (exact) mass is 283 g/mol. The van der Waals surface area contributed by atoms with Gasteiger partial charge in [-0.15, -0.1) is 0 Å². The van der Waals surface area contributed by atoms with E-state index in [1.807, 2.05) is 0 Å². The molecule has 0 spiro atoms. The van der Waals surface area contributed by atoms with Gasteiger partial charge in [-0.25, -0.2) is 0 Å². The van der Waals surface area contributed by atoms with E-state index >= 15 is 0 Å². The summed E-state index contributed by atoms with van der Waals surface area (Å²) in [5.41, 5.74) is 6.05. The second-order valence-corrected chi connectivity index (χ2v) is 6.19. The Labute approximate surface area is 122 Å². The molecular weight excluding hydrogens is 254 g/mol. The van der Waals surface area contributed by atoms with Crippen LogP contribution in [0.1, 0.15) is 38.5 Å². The molecule has 20 heavy (non-hydrogen) atoms. The van der Waals surface area contributed by atoms with Crippen molar-refractivity contribution in [1.29, 1.82) is 0 Å². The zero-order valence-electron chi connectivity index (χ0n) is 12.6. The molecule has 1 saturated heterocycles. The molecule has 1 heterocycles. The van der Waals surface area contributed by atoms with Crippen LogP contribution in [0.3, 0.4) is 0 Å². The van der Waals surface area contributed by atoms with Crippen molar-refractivity contribution < 1.29 is 9.53 Å². The molecule has 0 aromatic carbocycles. The van der Waals surface area contributed by atoms with Gasteiger partial charge >= 0.3 is 0 Å². The molecule has 0 aromatic rings. The number of hydrogen-bond acceptors (Lipinski definition) is 4. The molecule has 2 rings (SSSR count). The van der Waals surface area contributed by atoms with Crippen LogP contribution in [0.15, 0.2) is 0 Å². The molecule has 5 heteroatoms. The number of nitrogens with two attached hydrogens (primary N) is 1. The minimum absolute atomic E-state index is 0.00304. The lowest BCUT2D eigenvalue weighted by atomic mass is 9.92. The molecule has 5 nitrogen and oxygen atoms in total. The molecule has 1 aliphatic carbocycles. The second kappa shape index (κ2) is 7.96. The van der Waals surface area contributed by atoms with Crippen LogP contribution in [-0.2, 0) is 9.53 Å². The Bertz CT molecular complexity index is 299. The highest BCUT2D eigenvalue weighted by Crippen LogP contribution is 2.22. The normalized spacial score (nSPS) is 23.1. The van der Waals surface area contributed by atoms with Gasteiger partial charge in [-0.1, -0.05) is 12.8 Å². The maximum Gasteiger partial charge on any atom is 0.237 e. The summed E-state index contributed by atoms with van der Waals surface area (Å²) in [5.74, 6) is 0.271. The first-order valence-corrected chi connectivity index (χ1v) is 8.00. The van der Waals surface area contributed by atoms with Crippen molar-refractivity contribution in [3.05, 3.63) is 0 Å². The summed E-state index contributed by atoms with van der Waals surface area (Å²) in [4.78, 5) is 14.4. The van der Waals surface area contributed by atoms with Crippen molar-refractivity contribution in [3.8, 4) is 0 Å². The van der Waals surface area contributed by atoms with Crippen molar-refractivity contribution in [1.82, 2.24) is 10.2 Å². The summed E-state index contributed by atoms with van der Waals surface area (Å²) < 4.78 is 5.31. The molecule has 0 aromatic heterocycles. The number of amides is 1. The minimum atomic E-state index is -0.379. The molecule has 2 aliphatic rings. The predicted octanol–water partition coefficient (Wildman–Crippen LogP) is 0.731. The zero-order valence-corrected chi connectivity index (χ0v) is 12.6. The quantitative estimate of drug-likeness (QED) is 0.754. The number of nitrogens with zero attached hydrogens (tertiary/aromatic N) is 1. The summed E-state index contributed by atoms with van der Waals surface area (Å²) in [6, 6.07) is 0.326. The molecule has 1 aliphatic heterocycles. The van der Waals surface area contributed by atoms with Crippen molar-refractivity contribution in [2.75, 3.05) is 33.4 Å². The summed E-state index contributed by atoms with van der Waals surface area (Å²) in [6.45, 7) is 3.08. The molecule has 1 saturated carbocycles. The van der Waals surface area contributed by atoms with E-state index in [1.54, 1.807) is 0 Å². The van der Waals surface area contributed by atoms with Crippen LogP contribution in [0.2, 0.25) is 0 Å². The summed E-state index contributed by atoms with van der Waals surface area (Å²) in [6.07, 6.45) is 7.08. The van der Waals surface area contributed by atoms with E-state index in [-0.39, 0.29) is 17.9 Å². The summed E-state index contributed by atoms with van der Waals surface area (Å²) in [7, 11) is 2.15. The van der Waals surface area contributed by atoms with E-state index in [0.29, 0.717) is 12.6 Å². The molecule has 2 fully saturated rings. The van der Waals surface area contributed by atoms with Gasteiger partial charge in [0.25, 0.3) is 0 Å². The Hall–Kier alpha value is -0.650. The minimum Gasteiger partial charge on any atom is -0.381 e. The van der Waals surface area contributed by atoms with Crippen LogP contribution < -0.4 is 11.1 Å². The largest absolute Gasteiger partial charge is 0.381 e. The van der Waals surface area contributed by atoms with Crippen LogP contribution in [0.25, 0.3) is 0 Å². The smallest absolute Gasteiger partial charge is 0.237 e. The van der Waals surface area contributed by atoms with E-state index < -0.39 is 0 Å². The van der Waals surface area contributed by atoms with E-state index in [4.69, 9.17) is 10.5 Å². The third-order valence-corrected chi connectivity index (χ3v) is 4.79. The van der Waals surface area contributed by atoms with E-state index in [0.717, 1.165) is 32.6 Å². The van der Waals surface area contributed by atoms with Gasteiger partial charge in [0, 0.05) is 32.3 Å². The highest BCUT2D eigenvalue weighted by Gasteiger charge is 2.26. The fraction of sp³-hybridized carbons (Fsp3) is 0.933. The van der Waals surface area contributed by atoms with Crippen molar-refractivity contribution in [2.24, 2.45) is 11.7 Å². The topological polar surface area (TPSA) is 67.6 Å². The zero-order chi connectivity index (χ0) is 14.4. The van der Waals surface area contributed by atoms with Gasteiger partial charge in [0.15, 0.2) is 0 Å². The Kier molecular flexibility index (Phi) is 6.26. The molecule has 1 atom stereocenters. The molecule has 1 amide bonds. The lowest BCUT2D eigenvalue weighted by molar-refractivity contribution is -0.124. The van der Waals surface area contributed by atoms with Crippen LogP contribution in [0.4, 0.5) is 0 Å². The van der Waals surface area contributed by atoms with Gasteiger partial charge in [0.2, 0.25) is 5.91 Å². The highest BCUT2D eigenvalue weighted by molar-refractivity contribution is 5.81. The fourth-order valence-electron chi connectivity index (χ4n) is 3.29. The molecule has 3 N–H and O–H groups in total. The van der Waals surface area contributed by atoms with Crippen LogP contribution >= 0.6 is 0 Å². The summed E-state index contributed by atoms with van der Waals surface area (Å²) in [5, 5.41) is 2.99. The highest BCUT2D eigenvalue weighted by atomic mass is 16.5. The van der Waals surface area contributed by atoms with Gasteiger partial charge in [-0.3, -0.25) is 4.79 Å². The van der Waals surface area contributed by atoms with Gasteiger partial charge in [-0.2, -0.15) is 0 Å². The molecule has 1 unspecified atom stereocenters. The third kappa shape index (κ3) is 4.43. The first-order chi connectivity index (χ1) is 9.68. The molecule has 116 valence electrons. The number of likely N-dealkylation sites (N-methyl/N-ethyl adjacent to an activating group) is 1. The Balaban J connectivity index is 1.63. The fourth-order valence-corrected chi connectivity index (χ4v) is 3.29. The van der Waals surface area contributed by atoms with Crippen LogP contribution in [-0.4, -0.2) is 56.2 Å². The maximum absolute atomic E-state index is 12.0. The lowest BCUT2D eigenvalue weighted by Gasteiger charge is -2.27. The number of nitrogens with one attached hydrogen (secondary N) is 1. The number of carbonyl (C=O) groups excluding carboxylic acids is 1. The number of ether oxygens (including phenoxy) is 1. The van der Waals surface area contributed by atoms with Gasteiger partial charge in [0.1, 0.15) is 0 Å². The maximum atomic E-state index is 12.0. The van der Waals surface area contributed by atoms with Crippen LogP contribution in [0.5, 0.6) is 0 Å². The average molecular weight is 283 g/mol. The third-order valence-electron chi connectivity index (χ3n) is 4.79. The molecular formula is C15H29N3O2. The van der Waals surface area contributed by atoms with Crippen LogP contribution in [0, 0.1) is 5.92 Å². The average Bonchev–Trinajstić information content (AvgIpc) is 3.01. The second-order valence-electron chi connectivity index (χ2n) is 6.19. The summed E-state index contributed by atoms with van der Waals surface area (Å²) >= 11 is 0. The first kappa shape index (κ1) is 15.7. The van der Waals surface area contributed by atoms with Crippen molar-refractivity contribution in [2.45, 2.75) is 50.6 Å². The number of hydrogen-bond donors (Lipinski definition) is 2. The Morgan fingerprint density at radius 2 is 1.95 bits per heavy atom. The van der Waals surface area contributed by atoms with E-state index in [2.05, 4.69) is 17.3 Å². The van der Waals surface area contributed by atoms with E-state index in [1.165, 1.54) is 25.7 Å². The van der Waals surface area contributed by atoms with E-state index in [9.17, 15) is 4.79 Å². The van der Waals surface area contributed by atoms with Gasteiger partial charge < -0.3 is 20.7 Å². The molecule has 0 radical (unpaired) electrons. The lowest BCUT2D eigenvalue weighted by Crippen LogP contribution is -2.48. The number of rotatable bonds is 6. The number of carbonyl (C=O) groups is 1. The predicted molar refractivity (Wildman–Crippen MR) is 79.4 cm³/mol. The SMILES string of the molecule is CN(CCNC(=O)C(N)C1CCOCC1)C1CCCC1. The molecule has 0 bridgehead atoms. The first-order valence-electron chi connectivity index (χ1n) is 8.00. The van der Waals surface area contributed by atoms with Gasteiger partial charge in [-0.05, 0) is 38.6 Å². The van der Waals surface area contributed by atoms with Crippen molar-refractivity contribution in [3.63, 3.8) is 0 Å². The standard InChI is InChI=1S/C15H29N3O2/c1-18(13-4-2-3-5-13)9-8-17-15(19)14(16)12-6-10-20-11-7-12/h12-14H,2-11,16H2,1H3,(H,17,19). The van der Waals surface area contributed by atoms with Crippen molar-refractivity contribution >= 4 is 5.91 Å². The Morgan fingerprint density at radius 1 is 1.30 bits per heavy atom. The Morgan fingerprint density at radius 3 is 2.60 bits per heavy atom. The van der Waals surface area contributed by atoms with Gasteiger partial charge in [0.05, 0.1) is 6.04 Å².